The molecule has 0 aliphatic carbocycles. The van der Waals surface area contributed by atoms with Crippen LogP contribution in [0.2, 0.25) is 0 Å². The maximum atomic E-state index is 11.9. The molecule has 0 atom stereocenters. The quantitative estimate of drug-likeness (QED) is 0.728. The van der Waals surface area contributed by atoms with Crippen LogP contribution in [0.4, 0.5) is 0 Å². The van der Waals surface area contributed by atoms with E-state index in [9.17, 15) is 13.2 Å². The van der Waals surface area contributed by atoms with Gasteiger partial charge >= 0.3 is 0 Å². The highest BCUT2D eigenvalue weighted by Crippen LogP contribution is 2.11. The van der Waals surface area contributed by atoms with Crippen LogP contribution in [0.1, 0.15) is 25.7 Å². The van der Waals surface area contributed by atoms with Gasteiger partial charge in [0.25, 0.3) is 0 Å². The summed E-state index contributed by atoms with van der Waals surface area (Å²) in [4.78, 5) is 11.7. The third-order valence-corrected chi connectivity index (χ3v) is 4.26. The molecular weight excluding hydrogens is 252 g/mol. The molecule has 0 aliphatic heterocycles. The molecule has 0 radical (unpaired) electrons. The minimum absolute atomic E-state index is 0.108. The average Bonchev–Trinajstić information content (AvgIpc) is 2.35. The second kappa shape index (κ2) is 7.28. The molecule has 5 heteroatoms. The van der Waals surface area contributed by atoms with Gasteiger partial charge in [-0.05, 0) is 25.0 Å². The van der Waals surface area contributed by atoms with Gasteiger partial charge in [-0.2, -0.15) is 0 Å². The number of carbonyl (C=O) groups is 1. The molecule has 100 valence electrons. The molecule has 1 N–H and O–H groups in total. The van der Waals surface area contributed by atoms with Gasteiger partial charge in [-0.25, -0.2) is 8.42 Å². The van der Waals surface area contributed by atoms with E-state index in [1.807, 2.05) is 0 Å². The number of Topliss-reactive ketones (excluding diaryl/α,β-unsaturated/α-hetero) is 1. The van der Waals surface area contributed by atoms with Crippen LogP contribution >= 0.6 is 0 Å². The number of benzene rings is 1. The Balaban J connectivity index is 2.49. The van der Waals surface area contributed by atoms with Crippen molar-refractivity contribution in [2.75, 3.05) is 12.4 Å². The standard InChI is InChI=1S/C13H18O4S/c14-10-6-2-3-7-12(15)11-18(16,17)13-8-4-1-5-9-13/h1,4-5,8-9,14H,2-3,6-7,10-11H2. The first-order valence-corrected chi connectivity index (χ1v) is 7.62. The zero-order chi connectivity index (χ0) is 13.4. The summed E-state index contributed by atoms with van der Waals surface area (Å²) in [6, 6.07) is 8.00. The van der Waals surface area contributed by atoms with Gasteiger partial charge < -0.3 is 5.11 Å². The van der Waals surface area contributed by atoms with E-state index in [1.165, 1.54) is 12.1 Å². The van der Waals surface area contributed by atoms with Crippen molar-refractivity contribution in [1.82, 2.24) is 0 Å². The highest BCUT2D eigenvalue weighted by atomic mass is 32.2. The first-order chi connectivity index (χ1) is 8.56. The molecule has 18 heavy (non-hydrogen) atoms. The third-order valence-electron chi connectivity index (χ3n) is 2.57. The minimum Gasteiger partial charge on any atom is -0.396 e. The maximum Gasteiger partial charge on any atom is 0.185 e. The van der Waals surface area contributed by atoms with Gasteiger partial charge in [-0.3, -0.25) is 4.79 Å². The summed E-state index contributed by atoms with van der Waals surface area (Å²) in [6.45, 7) is 0.108. The van der Waals surface area contributed by atoms with Crippen molar-refractivity contribution in [2.24, 2.45) is 0 Å². The molecule has 0 aromatic heterocycles. The second-order valence-electron chi connectivity index (χ2n) is 4.15. The Morgan fingerprint density at radius 2 is 1.72 bits per heavy atom. The van der Waals surface area contributed by atoms with E-state index >= 15 is 0 Å². The monoisotopic (exact) mass is 270 g/mol. The van der Waals surface area contributed by atoms with Crippen LogP contribution in [0.3, 0.4) is 0 Å². The Kier molecular flexibility index (Phi) is 6.01. The molecular formula is C13H18O4S. The van der Waals surface area contributed by atoms with Gasteiger partial charge in [0, 0.05) is 13.0 Å². The Hall–Kier alpha value is -1.20. The number of aliphatic hydroxyl groups excluding tert-OH is 1. The predicted octanol–water partition coefficient (Wildman–Crippen LogP) is 1.58. The number of hydrogen-bond donors (Lipinski definition) is 1. The molecule has 0 heterocycles. The molecule has 0 bridgehead atoms. The summed E-state index contributed by atoms with van der Waals surface area (Å²) in [5.74, 6) is -0.701. The lowest BCUT2D eigenvalue weighted by Gasteiger charge is -2.03. The van der Waals surface area contributed by atoms with E-state index in [4.69, 9.17) is 5.11 Å². The number of sulfone groups is 1. The predicted molar refractivity (Wildman–Crippen MR) is 69.1 cm³/mol. The van der Waals surface area contributed by atoms with Gasteiger partial charge in [-0.1, -0.05) is 24.6 Å². The topological polar surface area (TPSA) is 71.4 Å². The highest BCUT2D eigenvalue weighted by Gasteiger charge is 2.18. The van der Waals surface area contributed by atoms with E-state index < -0.39 is 15.6 Å². The smallest absolute Gasteiger partial charge is 0.185 e. The fraction of sp³-hybridized carbons (Fsp3) is 0.462. The Morgan fingerprint density at radius 3 is 2.33 bits per heavy atom. The van der Waals surface area contributed by atoms with E-state index in [-0.39, 0.29) is 23.7 Å². The van der Waals surface area contributed by atoms with Crippen LogP contribution in [0.5, 0.6) is 0 Å². The largest absolute Gasteiger partial charge is 0.396 e. The lowest BCUT2D eigenvalue weighted by Crippen LogP contribution is -2.16. The molecule has 0 saturated carbocycles. The SMILES string of the molecule is O=C(CCCCCO)CS(=O)(=O)c1ccccc1. The van der Waals surface area contributed by atoms with E-state index in [2.05, 4.69) is 0 Å². The lowest BCUT2D eigenvalue weighted by molar-refractivity contribution is -0.116. The van der Waals surface area contributed by atoms with Crippen molar-refractivity contribution in [2.45, 2.75) is 30.6 Å². The van der Waals surface area contributed by atoms with Gasteiger partial charge in [-0.15, -0.1) is 0 Å². The third kappa shape index (κ3) is 4.98. The van der Waals surface area contributed by atoms with Gasteiger partial charge in [0.15, 0.2) is 9.84 Å². The van der Waals surface area contributed by atoms with Crippen molar-refractivity contribution >= 4 is 15.6 Å². The van der Waals surface area contributed by atoms with Crippen molar-refractivity contribution in [3.63, 3.8) is 0 Å². The fourth-order valence-electron chi connectivity index (χ4n) is 1.61. The van der Waals surface area contributed by atoms with E-state index in [0.29, 0.717) is 12.8 Å². The van der Waals surface area contributed by atoms with E-state index in [1.54, 1.807) is 18.2 Å². The molecule has 0 fully saturated rings. The van der Waals surface area contributed by atoms with Crippen molar-refractivity contribution < 1.29 is 18.3 Å². The first-order valence-electron chi connectivity index (χ1n) is 5.96. The number of unbranched alkanes of at least 4 members (excludes halogenated alkanes) is 2. The highest BCUT2D eigenvalue weighted by molar-refractivity contribution is 7.92. The molecule has 1 aromatic carbocycles. The number of carbonyl (C=O) groups excluding carboxylic acids is 1. The summed E-state index contributed by atoms with van der Waals surface area (Å²) >= 11 is 0. The average molecular weight is 270 g/mol. The van der Waals surface area contributed by atoms with Crippen LogP contribution in [0.15, 0.2) is 35.2 Å². The van der Waals surface area contributed by atoms with Gasteiger partial charge in [0.1, 0.15) is 11.5 Å². The maximum absolute atomic E-state index is 11.9. The molecule has 0 aliphatic rings. The zero-order valence-corrected chi connectivity index (χ0v) is 11.0. The molecule has 0 spiro atoms. The Labute approximate surface area is 108 Å². The van der Waals surface area contributed by atoms with Gasteiger partial charge in [0.2, 0.25) is 0 Å². The van der Waals surface area contributed by atoms with Gasteiger partial charge in [0.05, 0.1) is 4.90 Å². The van der Waals surface area contributed by atoms with Crippen LogP contribution in [-0.4, -0.2) is 31.7 Å². The molecule has 0 saturated heterocycles. The normalized spacial score (nSPS) is 11.4. The first kappa shape index (κ1) is 14.9. The Morgan fingerprint density at radius 1 is 1.06 bits per heavy atom. The van der Waals surface area contributed by atoms with E-state index in [0.717, 1.165) is 6.42 Å². The summed E-state index contributed by atoms with van der Waals surface area (Å²) in [5, 5.41) is 8.59. The molecule has 1 aromatic rings. The van der Waals surface area contributed by atoms with Crippen molar-refractivity contribution in [1.29, 1.82) is 0 Å². The lowest BCUT2D eigenvalue weighted by atomic mass is 10.1. The zero-order valence-electron chi connectivity index (χ0n) is 10.2. The minimum atomic E-state index is -3.50. The molecule has 0 unspecified atom stereocenters. The van der Waals surface area contributed by atoms with Crippen LogP contribution < -0.4 is 0 Å². The number of hydrogen-bond acceptors (Lipinski definition) is 4. The number of rotatable bonds is 8. The summed E-state index contributed by atoms with van der Waals surface area (Å²) in [7, 11) is -3.50. The summed E-state index contributed by atoms with van der Waals surface area (Å²) < 4.78 is 23.7. The second-order valence-corrected chi connectivity index (χ2v) is 6.13. The molecule has 4 nitrogen and oxygen atoms in total. The Bertz CT molecular complexity index is 465. The molecule has 1 rings (SSSR count). The van der Waals surface area contributed by atoms with Crippen molar-refractivity contribution in [3.05, 3.63) is 30.3 Å². The fourth-order valence-corrected chi connectivity index (χ4v) is 2.91. The number of aliphatic hydroxyl groups is 1. The van der Waals surface area contributed by atoms with Crippen molar-refractivity contribution in [3.8, 4) is 0 Å². The van der Waals surface area contributed by atoms with Crippen LogP contribution in [0.25, 0.3) is 0 Å². The molecule has 0 amide bonds. The van der Waals surface area contributed by atoms with Crippen LogP contribution in [-0.2, 0) is 14.6 Å². The van der Waals surface area contributed by atoms with Crippen LogP contribution in [0, 0.1) is 0 Å². The summed E-state index contributed by atoms with van der Waals surface area (Å²) in [5.41, 5.74) is 0. The number of ketones is 1. The summed E-state index contributed by atoms with van der Waals surface area (Å²) in [6.07, 6.45) is 2.28.